The van der Waals surface area contributed by atoms with Gasteiger partial charge in [-0.3, -0.25) is 9.59 Å². The second kappa shape index (κ2) is 10.2. The maximum Gasteiger partial charge on any atom is 0.321 e. The molecule has 5 rings (SSSR count). The van der Waals surface area contributed by atoms with Crippen molar-refractivity contribution in [3.8, 4) is 11.8 Å². The van der Waals surface area contributed by atoms with Crippen molar-refractivity contribution in [3.63, 3.8) is 0 Å². The van der Waals surface area contributed by atoms with Gasteiger partial charge in [-0.25, -0.2) is 9.97 Å². The molecule has 2 aliphatic rings. The Labute approximate surface area is 204 Å². The summed E-state index contributed by atoms with van der Waals surface area (Å²) in [6, 6.07) is 19.0. The van der Waals surface area contributed by atoms with Crippen molar-refractivity contribution in [2.45, 2.75) is 31.4 Å². The summed E-state index contributed by atoms with van der Waals surface area (Å²) in [4.78, 5) is 37.8. The highest BCUT2D eigenvalue weighted by Crippen LogP contribution is 2.32. The predicted molar refractivity (Wildman–Crippen MR) is 129 cm³/mol. The lowest BCUT2D eigenvalue weighted by atomic mass is 9.92. The second-order valence-corrected chi connectivity index (χ2v) is 9.01. The van der Waals surface area contributed by atoms with E-state index < -0.39 is 5.60 Å². The highest BCUT2D eigenvalue weighted by Gasteiger charge is 2.41. The zero-order chi connectivity index (χ0) is 24.1. The van der Waals surface area contributed by atoms with Gasteiger partial charge in [-0.1, -0.05) is 36.4 Å². The van der Waals surface area contributed by atoms with Gasteiger partial charge in [-0.05, 0) is 49.1 Å². The van der Waals surface area contributed by atoms with Crippen molar-refractivity contribution in [3.05, 3.63) is 84.2 Å². The zero-order valence-electron chi connectivity index (χ0n) is 19.5. The molecule has 2 aliphatic heterocycles. The Kier molecular flexibility index (Phi) is 6.72. The molecule has 8 nitrogen and oxygen atoms in total. The van der Waals surface area contributed by atoms with E-state index in [0.717, 1.165) is 18.4 Å². The van der Waals surface area contributed by atoms with Crippen molar-refractivity contribution < 1.29 is 19.1 Å². The third-order valence-corrected chi connectivity index (χ3v) is 6.57. The van der Waals surface area contributed by atoms with Crippen LogP contribution in [0.1, 0.15) is 35.2 Å². The van der Waals surface area contributed by atoms with E-state index in [1.54, 1.807) is 42.7 Å². The normalized spacial score (nSPS) is 20.5. The molecule has 1 unspecified atom stereocenters. The fourth-order valence-corrected chi connectivity index (χ4v) is 4.73. The Morgan fingerprint density at radius 2 is 1.83 bits per heavy atom. The van der Waals surface area contributed by atoms with Gasteiger partial charge in [-0.15, -0.1) is 0 Å². The summed E-state index contributed by atoms with van der Waals surface area (Å²) in [5, 5.41) is 0. The van der Waals surface area contributed by atoms with Gasteiger partial charge < -0.3 is 19.3 Å². The average Bonchev–Trinajstić information content (AvgIpc) is 3.10. The van der Waals surface area contributed by atoms with Gasteiger partial charge in [-0.2, -0.15) is 0 Å². The monoisotopic (exact) mass is 472 g/mol. The highest BCUT2D eigenvalue weighted by molar-refractivity contribution is 5.94. The van der Waals surface area contributed by atoms with Crippen LogP contribution in [0, 0.1) is 0 Å². The number of hydrogen-bond acceptors (Lipinski definition) is 6. The minimum Gasteiger partial charge on any atom is -0.424 e. The number of carbonyl (C=O) groups excluding carboxylic acids is 2. The van der Waals surface area contributed by atoms with Gasteiger partial charge in [0.25, 0.3) is 5.91 Å². The Balaban J connectivity index is 1.24. The SMILES string of the molecule is O=C1COC2(CCCN(C(=O)c3cccc(Oc4ncccn4)c3)CC2)CN1Cc1ccccc1. The molecule has 0 N–H and O–H groups in total. The van der Waals surface area contributed by atoms with Crippen LogP contribution in [0.25, 0.3) is 0 Å². The minimum atomic E-state index is -0.423. The fraction of sp³-hybridized carbons (Fsp3) is 0.333. The molecule has 0 saturated carbocycles. The molecule has 3 aromatic rings. The van der Waals surface area contributed by atoms with E-state index in [1.165, 1.54) is 0 Å². The number of ether oxygens (including phenoxy) is 2. The Bertz CT molecular complexity index is 1170. The first kappa shape index (κ1) is 23.0. The van der Waals surface area contributed by atoms with E-state index in [9.17, 15) is 9.59 Å². The Hall–Kier alpha value is -3.78. The summed E-state index contributed by atoms with van der Waals surface area (Å²) in [7, 11) is 0. The lowest BCUT2D eigenvalue weighted by Gasteiger charge is -2.42. The van der Waals surface area contributed by atoms with Crippen molar-refractivity contribution in [1.29, 1.82) is 0 Å². The van der Waals surface area contributed by atoms with Crippen LogP contribution >= 0.6 is 0 Å². The standard InChI is InChI=1S/C27H28N4O4/c32-24-19-34-27(20-31(24)18-21-7-2-1-3-8-21)11-5-15-30(16-12-27)25(33)22-9-4-10-23(17-22)35-26-28-13-6-14-29-26/h1-4,6-10,13-14,17H,5,11-12,15-16,18-20H2. The first-order chi connectivity index (χ1) is 17.1. The molecule has 0 bridgehead atoms. The predicted octanol–water partition coefficient (Wildman–Crippen LogP) is 3.69. The van der Waals surface area contributed by atoms with Gasteiger partial charge >= 0.3 is 6.01 Å². The lowest BCUT2D eigenvalue weighted by molar-refractivity contribution is -0.166. The molecular weight excluding hydrogens is 444 g/mol. The molecule has 1 spiro atoms. The second-order valence-electron chi connectivity index (χ2n) is 9.01. The lowest BCUT2D eigenvalue weighted by Crippen LogP contribution is -2.54. The van der Waals surface area contributed by atoms with Crippen molar-refractivity contribution in [2.24, 2.45) is 0 Å². The third kappa shape index (κ3) is 5.49. The summed E-state index contributed by atoms with van der Waals surface area (Å²) in [6.45, 7) is 2.42. The number of morpholine rings is 1. The first-order valence-corrected chi connectivity index (χ1v) is 11.9. The number of hydrogen-bond donors (Lipinski definition) is 0. The van der Waals surface area contributed by atoms with Crippen LogP contribution in [-0.2, 0) is 16.1 Å². The van der Waals surface area contributed by atoms with Gasteiger partial charge in [0, 0.05) is 37.6 Å². The molecule has 2 fully saturated rings. The molecule has 2 amide bonds. The first-order valence-electron chi connectivity index (χ1n) is 11.9. The number of carbonyl (C=O) groups is 2. The summed E-state index contributed by atoms with van der Waals surface area (Å²) in [5.41, 5.74) is 1.24. The van der Waals surface area contributed by atoms with Crippen LogP contribution in [0.4, 0.5) is 0 Å². The largest absolute Gasteiger partial charge is 0.424 e. The Morgan fingerprint density at radius 3 is 2.66 bits per heavy atom. The van der Waals surface area contributed by atoms with E-state index in [4.69, 9.17) is 9.47 Å². The van der Waals surface area contributed by atoms with Crippen LogP contribution in [0.15, 0.2) is 73.1 Å². The number of aromatic nitrogens is 2. The zero-order valence-corrected chi connectivity index (χ0v) is 19.5. The number of likely N-dealkylation sites (tertiary alicyclic amines) is 1. The number of amides is 2. The van der Waals surface area contributed by atoms with Crippen LogP contribution in [-0.4, -0.2) is 63.4 Å². The van der Waals surface area contributed by atoms with Crippen molar-refractivity contribution in [2.75, 3.05) is 26.2 Å². The molecule has 3 heterocycles. The quantitative estimate of drug-likeness (QED) is 0.563. The summed E-state index contributed by atoms with van der Waals surface area (Å²) < 4.78 is 11.8. The minimum absolute atomic E-state index is 0.0101. The molecule has 0 aliphatic carbocycles. The number of benzene rings is 2. The smallest absolute Gasteiger partial charge is 0.321 e. The van der Waals surface area contributed by atoms with Crippen molar-refractivity contribution >= 4 is 11.8 Å². The Morgan fingerprint density at radius 1 is 1.00 bits per heavy atom. The highest BCUT2D eigenvalue weighted by atomic mass is 16.5. The maximum atomic E-state index is 13.3. The van der Waals surface area contributed by atoms with Crippen molar-refractivity contribution in [1.82, 2.24) is 19.8 Å². The maximum absolute atomic E-state index is 13.3. The summed E-state index contributed by atoms with van der Waals surface area (Å²) >= 11 is 0. The molecule has 1 aromatic heterocycles. The molecule has 1 atom stereocenters. The molecule has 180 valence electrons. The molecule has 2 aromatic carbocycles. The third-order valence-electron chi connectivity index (χ3n) is 6.57. The van der Waals surface area contributed by atoms with E-state index in [0.29, 0.717) is 43.9 Å². The van der Waals surface area contributed by atoms with Crippen LogP contribution in [0.2, 0.25) is 0 Å². The molecular formula is C27H28N4O4. The van der Waals surface area contributed by atoms with Gasteiger partial charge in [0.1, 0.15) is 12.4 Å². The molecule has 0 radical (unpaired) electrons. The van der Waals surface area contributed by atoms with Crippen LogP contribution in [0.3, 0.4) is 0 Å². The molecule has 35 heavy (non-hydrogen) atoms. The summed E-state index contributed by atoms with van der Waals surface area (Å²) in [5.74, 6) is 0.476. The fourth-order valence-electron chi connectivity index (χ4n) is 4.73. The number of nitrogens with zero attached hydrogens (tertiary/aromatic N) is 4. The van der Waals surface area contributed by atoms with Gasteiger partial charge in [0.2, 0.25) is 5.91 Å². The van der Waals surface area contributed by atoms with Crippen LogP contribution in [0.5, 0.6) is 11.8 Å². The van der Waals surface area contributed by atoms with Gasteiger partial charge in [0.05, 0.1) is 12.1 Å². The van der Waals surface area contributed by atoms with Crippen LogP contribution < -0.4 is 4.74 Å². The van der Waals surface area contributed by atoms with E-state index in [2.05, 4.69) is 9.97 Å². The van der Waals surface area contributed by atoms with Gasteiger partial charge in [0.15, 0.2) is 0 Å². The molecule has 2 saturated heterocycles. The van der Waals surface area contributed by atoms with E-state index in [-0.39, 0.29) is 24.4 Å². The number of rotatable bonds is 5. The van der Waals surface area contributed by atoms with E-state index >= 15 is 0 Å². The van der Waals surface area contributed by atoms with E-state index in [1.807, 2.05) is 40.1 Å². The topological polar surface area (TPSA) is 84.9 Å². The summed E-state index contributed by atoms with van der Waals surface area (Å²) in [6.07, 6.45) is 5.51. The average molecular weight is 473 g/mol. The molecule has 8 heteroatoms.